The van der Waals surface area contributed by atoms with Gasteiger partial charge in [-0.25, -0.2) is 9.97 Å². The molecule has 24 heavy (non-hydrogen) atoms. The Balaban J connectivity index is 1.90. The predicted molar refractivity (Wildman–Crippen MR) is 97.1 cm³/mol. The van der Waals surface area contributed by atoms with Gasteiger partial charge in [-0.05, 0) is 52.3 Å². The molecular formula is C18H24N6. The number of anilines is 2. The van der Waals surface area contributed by atoms with Crippen LogP contribution in [-0.4, -0.2) is 35.1 Å². The molecular weight excluding hydrogens is 300 g/mol. The van der Waals surface area contributed by atoms with Crippen molar-refractivity contribution in [2.24, 2.45) is 0 Å². The summed E-state index contributed by atoms with van der Waals surface area (Å²) in [6, 6.07) is 7.20. The highest BCUT2D eigenvalue weighted by molar-refractivity contribution is 5.93. The number of nitrogens with zero attached hydrogens (tertiary/aromatic N) is 3. The summed E-state index contributed by atoms with van der Waals surface area (Å²) in [6.45, 7) is 4.12. The van der Waals surface area contributed by atoms with E-state index < -0.39 is 0 Å². The highest BCUT2D eigenvalue weighted by Gasteiger charge is 2.23. The minimum Gasteiger partial charge on any atom is -0.367 e. The first-order valence-corrected chi connectivity index (χ1v) is 8.50. The van der Waals surface area contributed by atoms with Crippen LogP contribution in [-0.2, 0) is 0 Å². The smallest absolute Gasteiger partial charge is 0.143 e. The second-order valence-electron chi connectivity index (χ2n) is 6.70. The summed E-state index contributed by atoms with van der Waals surface area (Å²) >= 11 is 0. The zero-order valence-corrected chi connectivity index (χ0v) is 14.4. The maximum absolute atomic E-state index is 9.17. The van der Waals surface area contributed by atoms with Gasteiger partial charge >= 0.3 is 0 Å². The third kappa shape index (κ3) is 3.57. The molecule has 2 heterocycles. The average molecular weight is 324 g/mol. The van der Waals surface area contributed by atoms with Gasteiger partial charge in [-0.15, -0.1) is 0 Å². The van der Waals surface area contributed by atoms with Crippen LogP contribution in [0, 0.1) is 11.3 Å². The number of nitrogens with one attached hydrogen (secondary N) is 3. The first-order chi connectivity index (χ1) is 11.6. The molecule has 0 spiro atoms. The summed E-state index contributed by atoms with van der Waals surface area (Å²) in [4.78, 5) is 8.94. The molecule has 1 aliphatic carbocycles. The molecule has 1 aliphatic rings. The molecule has 0 aromatic carbocycles. The Kier molecular flexibility index (Phi) is 4.81. The molecule has 1 saturated carbocycles. The van der Waals surface area contributed by atoms with Gasteiger partial charge in [0.15, 0.2) is 0 Å². The van der Waals surface area contributed by atoms with Crippen LogP contribution in [0.4, 0.5) is 11.6 Å². The van der Waals surface area contributed by atoms with E-state index in [1.54, 1.807) is 6.07 Å². The van der Waals surface area contributed by atoms with Crippen molar-refractivity contribution in [3.05, 3.63) is 24.0 Å². The van der Waals surface area contributed by atoms with E-state index in [0.29, 0.717) is 17.8 Å². The van der Waals surface area contributed by atoms with Gasteiger partial charge in [0.25, 0.3) is 0 Å². The van der Waals surface area contributed by atoms with Gasteiger partial charge in [0.05, 0.1) is 0 Å². The quantitative estimate of drug-likeness (QED) is 0.784. The van der Waals surface area contributed by atoms with Crippen molar-refractivity contribution in [2.75, 3.05) is 17.7 Å². The van der Waals surface area contributed by atoms with Crippen LogP contribution in [0.2, 0.25) is 0 Å². The summed E-state index contributed by atoms with van der Waals surface area (Å²) in [7, 11) is 2.02. The van der Waals surface area contributed by atoms with E-state index in [1.165, 1.54) is 6.42 Å². The van der Waals surface area contributed by atoms with Crippen molar-refractivity contribution in [2.45, 2.75) is 51.2 Å². The fraction of sp³-hybridized carbons (Fsp3) is 0.500. The Morgan fingerprint density at radius 2 is 2.04 bits per heavy atom. The molecule has 3 rings (SSSR count). The average Bonchev–Trinajstić information content (AvgIpc) is 3.02. The Morgan fingerprint density at radius 3 is 2.71 bits per heavy atom. The van der Waals surface area contributed by atoms with E-state index in [9.17, 15) is 0 Å². The lowest BCUT2D eigenvalue weighted by molar-refractivity contribution is 0.575. The van der Waals surface area contributed by atoms with E-state index in [2.05, 4.69) is 45.8 Å². The summed E-state index contributed by atoms with van der Waals surface area (Å²) in [5.74, 6) is 1.60. The number of nitriles is 1. The minimum absolute atomic E-state index is 0.241. The van der Waals surface area contributed by atoms with Gasteiger partial charge in [0.1, 0.15) is 23.4 Å². The maximum atomic E-state index is 9.17. The van der Waals surface area contributed by atoms with Crippen LogP contribution in [0.1, 0.15) is 38.8 Å². The standard InChI is InChI=1S/C18H24N6/c1-11(2)22-18-16-8-17(23-14-5-4-13(7-14)20-3)21-10-12(16)6-15(9-19)24-18/h6,8,10-11,13-14,20H,4-5,7H2,1-3H3,(H,21,23)(H,22,24)/t13-,14+/m1/s1. The van der Waals surface area contributed by atoms with Crippen LogP contribution in [0.5, 0.6) is 0 Å². The molecule has 3 N–H and O–H groups in total. The van der Waals surface area contributed by atoms with Crippen LogP contribution in [0.3, 0.4) is 0 Å². The van der Waals surface area contributed by atoms with Crippen molar-refractivity contribution >= 4 is 22.4 Å². The lowest BCUT2D eigenvalue weighted by Gasteiger charge is -2.16. The summed E-state index contributed by atoms with van der Waals surface area (Å²) < 4.78 is 0. The first kappa shape index (κ1) is 16.5. The van der Waals surface area contributed by atoms with Gasteiger partial charge in [-0.3, -0.25) is 0 Å². The van der Waals surface area contributed by atoms with Gasteiger partial charge < -0.3 is 16.0 Å². The second kappa shape index (κ2) is 7.02. The van der Waals surface area contributed by atoms with E-state index >= 15 is 0 Å². The SMILES string of the molecule is CN[C@@H]1CC[C@H](Nc2cc3c(NC(C)C)nc(C#N)cc3cn2)C1. The zero-order valence-electron chi connectivity index (χ0n) is 14.4. The van der Waals surface area contributed by atoms with Gasteiger partial charge in [0.2, 0.25) is 0 Å². The Bertz CT molecular complexity index is 764. The molecule has 0 saturated heterocycles. The van der Waals surface area contributed by atoms with Gasteiger partial charge in [0, 0.05) is 35.1 Å². The van der Waals surface area contributed by atoms with Gasteiger partial charge in [-0.2, -0.15) is 5.26 Å². The molecule has 2 aromatic rings. The highest BCUT2D eigenvalue weighted by Crippen LogP contribution is 2.27. The summed E-state index contributed by atoms with van der Waals surface area (Å²) in [5, 5.41) is 21.3. The molecule has 126 valence electrons. The third-order valence-corrected chi connectivity index (χ3v) is 4.45. The number of aromatic nitrogens is 2. The maximum Gasteiger partial charge on any atom is 0.143 e. The van der Waals surface area contributed by atoms with Crippen molar-refractivity contribution in [1.29, 1.82) is 5.26 Å². The topological polar surface area (TPSA) is 85.7 Å². The summed E-state index contributed by atoms with van der Waals surface area (Å²) in [5.41, 5.74) is 0.404. The molecule has 1 fully saturated rings. The van der Waals surface area contributed by atoms with Crippen LogP contribution in [0.15, 0.2) is 18.3 Å². The predicted octanol–water partition coefficient (Wildman–Crippen LogP) is 2.87. The lowest BCUT2D eigenvalue weighted by Crippen LogP contribution is -2.24. The summed E-state index contributed by atoms with van der Waals surface area (Å²) in [6.07, 6.45) is 5.26. The number of fused-ring (bicyclic) bond motifs is 1. The highest BCUT2D eigenvalue weighted by atomic mass is 15.0. The fourth-order valence-electron chi connectivity index (χ4n) is 3.25. The lowest BCUT2D eigenvalue weighted by atomic mass is 10.1. The van der Waals surface area contributed by atoms with Crippen molar-refractivity contribution in [3.8, 4) is 6.07 Å². The van der Waals surface area contributed by atoms with Crippen LogP contribution in [0.25, 0.3) is 10.8 Å². The molecule has 2 atom stereocenters. The van der Waals surface area contributed by atoms with Crippen LogP contribution < -0.4 is 16.0 Å². The zero-order chi connectivity index (χ0) is 17.1. The Labute approximate surface area is 142 Å². The largest absolute Gasteiger partial charge is 0.367 e. The molecule has 0 radical (unpaired) electrons. The van der Waals surface area contributed by atoms with Crippen LogP contribution >= 0.6 is 0 Å². The molecule has 0 aliphatic heterocycles. The van der Waals surface area contributed by atoms with Crippen molar-refractivity contribution in [1.82, 2.24) is 15.3 Å². The van der Waals surface area contributed by atoms with Crippen molar-refractivity contribution in [3.63, 3.8) is 0 Å². The second-order valence-corrected chi connectivity index (χ2v) is 6.70. The van der Waals surface area contributed by atoms with Gasteiger partial charge in [-0.1, -0.05) is 0 Å². The normalized spacial score (nSPS) is 20.3. The monoisotopic (exact) mass is 324 g/mol. The first-order valence-electron chi connectivity index (χ1n) is 8.50. The molecule has 6 heteroatoms. The number of hydrogen-bond donors (Lipinski definition) is 3. The molecule has 0 unspecified atom stereocenters. The third-order valence-electron chi connectivity index (χ3n) is 4.45. The number of pyridine rings is 2. The van der Waals surface area contributed by atoms with Crippen molar-refractivity contribution < 1.29 is 0 Å². The minimum atomic E-state index is 0.241. The Morgan fingerprint density at radius 1 is 1.25 bits per heavy atom. The molecule has 2 aromatic heterocycles. The molecule has 0 amide bonds. The Hall–Kier alpha value is -2.39. The number of rotatable bonds is 5. The van der Waals surface area contributed by atoms with E-state index in [1.807, 2.05) is 19.3 Å². The molecule has 0 bridgehead atoms. The van der Waals surface area contributed by atoms with E-state index in [4.69, 9.17) is 5.26 Å². The van der Waals surface area contributed by atoms with E-state index in [-0.39, 0.29) is 6.04 Å². The molecule has 6 nitrogen and oxygen atoms in total. The number of hydrogen-bond acceptors (Lipinski definition) is 6. The fourth-order valence-corrected chi connectivity index (χ4v) is 3.25. The van der Waals surface area contributed by atoms with E-state index in [0.717, 1.165) is 35.2 Å².